The summed E-state index contributed by atoms with van der Waals surface area (Å²) < 4.78 is 5.35. The van der Waals surface area contributed by atoms with Gasteiger partial charge in [0.25, 0.3) is 0 Å². The van der Waals surface area contributed by atoms with Crippen molar-refractivity contribution in [2.45, 2.75) is 76.5 Å². The fourth-order valence-electron chi connectivity index (χ4n) is 3.73. The second-order valence-electron chi connectivity index (χ2n) is 8.30. The average Bonchev–Trinajstić information content (AvgIpc) is 2.86. The maximum absolute atomic E-state index is 12.6. The van der Waals surface area contributed by atoms with Crippen LogP contribution < -0.4 is 10.6 Å². The molecule has 0 unspecified atom stereocenters. The molecule has 5 nitrogen and oxygen atoms in total. The minimum absolute atomic E-state index is 0.00235. The molecule has 3 rings (SSSR count). The molecule has 1 fully saturated rings. The Morgan fingerprint density at radius 1 is 1.24 bits per heavy atom. The number of carbonyl (C=O) groups is 2. The smallest absolute Gasteiger partial charge is 0.408 e. The van der Waals surface area contributed by atoms with Crippen molar-refractivity contribution in [3.05, 3.63) is 35.4 Å². The average molecular weight is 344 g/mol. The summed E-state index contributed by atoms with van der Waals surface area (Å²) in [6.45, 7) is 5.51. The van der Waals surface area contributed by atoms with Gasteiger partial charge in [-0.05, 0) is 64.0 Å². The van der Waals surface area contributed by atoms with Gasteiger partial charge in [-0.25, -0.2) is 4.79 Å². The van der Waals surface area contributed by atoms with Gasteiger partial charge < -0.3 is 15.4 Å². The molecule has 1 saturated carbocycles. The SMILES string of the molecule is CC(C)(C)OC(=O)NC1(CC(=O)N[C@@H]2CCc3ccccc32)CCC1. The van der Waals surface area contributed by atoms with Crippen molar-refractivity contribution in [3.63, 3.8) is 0 Å². The summed E-state index contributed by atoms with van der Waals surface area (Å²) in [4.78, 5) is 24.7. The van der Waals surface area contributed by atoms with Gasteiger partial charge in [0, 0.05) is 6.42 Å². The van der Waals surface area contributed by atoms with Crippen LogP contribution in [-0.2, 0) is 16.0 Å². The van der Waals surface area contributed by atoms with Gasteiger partial charge in [-0.3, -0.25) is 4.79 Å². The molecule has 5 heteroatoms. The maximum atomic E-state index is 12.6. The largest absolute Gasteiger partial charge is 0.444 e. The molecule has 25 heavy (non-hydrogen) atoms. The van der Waals surface area contributed by atoms with Gasteiger partial charge >= 0.3 is 6.09 Å². The Kier molecular flexibility index (Phi) is 4.76. The maximum Gasteiger partial charge on any atom is 0.408 e. The lowest BCUT2D eigenvalue weighted by Crippen LogP contribution is -2.56. The minimum Gasteiger partial charge on any atom is -0.444 e. The number of amides is 2. The molecule has 1 atom stereocenters. The molecule has 0 saturated heterocycles. The lowest BCUT2D eigenvalue weighted by atomic mass is 9.74. The molecule has 0 spiro atoms. The monoisotopic (exact) mass is 344 g/mol. The van der Waals surface area contributed by atoms with Gasteiger partial charge in [0.1, 0.15) is 5.60 Å². The first-order chi connectivity index (χ1) is 11.8. The van der Waals surface area contributed by atoms with E-state index in [1.54, 1.807) is 0 Å². The van der Waals surface area contributed by atoms with Crippen LogP contribution in [0.4, 0.5) is 4.79 Å². The summed E-state index contributed by atoms with van der Waals surface area (Å²) in [6, 6.07) is 8.35. The van der Waals surface area contributed by atoms with Crippen LogP contribution in [0.2, 0.25) is 0 Å². The van der Waals surface area contributed by atoms with Crippen LogP contribution >= 0.6 is 0 Å². The van der Waals surface area contributed by atoms with Gasteiger partial charge in [-0.15, -0.1) is 0 Å². The summed E-state index contributed by atoms with van der Waals surface area (Å²) in [7, 11) is 0. The fraction of sp³-hybridized carbons (Fsp3) is 0.600. The van der Waals surface area contributed by atoms with E-state index in [9.17, 15) is 9.59 Å². The van der Waals surface area contributed by atoms with E-state index in [-0.39, 0.29) is 11.9 Å². The first-order valence-electron chi connectivity index (χ1n) is 9.15. The zero-order valence-electron chi connectivity index (χ0n) is 15.4. The highest BCUT2D eigenvalue weighted by Crippen LogP contribution is 2.36. The molecule has 2 amide bonds. The van der Waals surface area contributed by atoms with E-state index in [2.05, 4.69) is 22.8 Å². The number of hydrogen-bond donors (Lipinski definition) is 2. The van der Waals surface area contributed by atoms with Crippen molar-refractivity contribution in [1.82, 2.24) is 10.6 Å². The number of alkyl carbamates (subject to hydrolysis) is 1. The van der Waals surface area contributed by atoms with E-state index < -0.39 is 17.2 Å². The number of hydrogen-bond acceptors (Lipinski definition) is 3. The molecule has 0 aromatic heterocycles. The summed E-state index contributed by atoms with van der Waals surface area (Å²) in [5.41, 5.74) is 1.55. The topological polar surface area (TPSA) is 67.4 Å². The summed E-state index contributed by atoms with van der Waals surface area (Å²) in [5.74, 6) is -0.00235. The van der Waals surface area contributed by atoms with Crippen LogP contribution in [0, 0.1) is 0 Å². The molecule has 0 radical (unpaired) electrons. The molecule has 0 heterocycles. The molecule has 1 aromatic rings. The normalized spacial score (nSPS) is 21.0. The predicted octanol–water partition coefficient (Wildman–Crippen LogP) is 3.63. The van der Waals surface area contributed by atoms with E-state index in [1.807, 2.05) is 32.9 Å². The van der Waals surface area contributed by atoms with Crippen LogP contribution in [0.1, 0.15) is 70.0 Å². The van der Waals surface area contributed by atoms with Gasteiger partial charge in [0.05, 0.1) is 11.6 Å². The highest BCUT2D eigenvalue weighted by molar-refractivity contribution is 5.79. The molecule has 2 aliphatic rings. The van der Waals surface area contributed by atoms with Crippen LogP contribution in [-0.4, -0.2) is 23.1 Å². The van der Waals surface area contributed by atoms with E-state index in [0.29, 0.717) is 6.42 Å². The highest BCUT2D eigenvalue weighted by Gasteiger charge is 2.41. The third-order valence-electron chi connectivity index (χ3n) is 5.04. The van der Waals surface area contributed by atoms with E-state index in [0.717, 1.165) is 32.1 Å². The number of carbonyl (C=O) groups excluding carboxylic acids is 2. The predicted molar refractivity (Wildman–Crippen MR) is 96.2 cm³/mol. The van der Waals surface area contributed by atoms with Gasteiger partial charge in [0.15, 0.2) is 0 Å². The Bertz CT molecular complexity index is 659. The molecule has 2 aliphatic carbocycles. The van der Waals surface area contributed by atoms with Crippen molar-refractivity contribution >= 4 is 12.0 Å². The molecular formula is C20H28N2O3. The number of rotatable bonds is 4. The number of ether oxygens (including phenoxy) is 1. The summed E-state index contributed by atoms with van der Waals surface area (Å²) in [6.07, 6.45) is 4.48. The van der Waals surface area contributed by atoms with E-state index in [1.165, 1.54) is 11.1 Å². The molecule has 2 N–H and O–H groups in total. The quantitative estimate of drug-likeness (QED) is 0.876. The van der Waals surface area contributed by atoms with Gasteiger partial charge in [0.2, 0.25) is 5.91 Å². The zero-order chi connectivity index (χ0) is 18.1. The van der Waals surface area contributed by atoms with Crippen molar-refractivity contribution in [1.29, 1.82) is 0 Å². The summed E-state index contributed by atoms with van der Waals surface area (Å²) in [5, 5.41) is 6.09. The third-order valence-corrected chi connectivity index (χ3v) is 5.04. The van der Waals surface area contributed by atoms with Crippen molar-refractivity contribution in [2.75, 3.05) is 0 Å². The second-order valence-corrected chi connectivity index (χ2v) is 8.30. The van der Waals surface area contributed by atoms with Gasteiger partial charge in [-0.2, -0.15) is 0 Å². The molecule has 0 aliphatic heterocycles. The first-order valence-corrected chi connectivity index (χ1v) is 9.15. The Morgan fingerprint density at radius 3 is 2.60 bits per heavy atom. The Morgan fingerprint density at radius 2 is 1.96 bits per heavy atom. The number of benzene rings is 1. The van der Waals surface area contributed by atoms with Crippen LogP contribution in [0.3, 0.4) is 0 Å². The zero-order valence-corrected chi connectivity index (χ0v) is 15.4. The van der Waals surface area contributed by atoms with Crippen LogP contribution in [0.15, 0.2) is 24.3 Å². The van der Waals surface area contributed by atoms with Crippen molar-refractivity contribution < 1.29 is 14.3 Å². The van der Waals surface area contributed by atoms with Crippen LogP contribution in [0.25, 0.3) is 0 Å². The van der Waals surface area contributed by atoms with E-state index >= 15 is 0 Å². The van der Waals surface area contributed by atoms with Crippen molar-refractivity contribution in [2.24, 2.45) is 0 Å². The lowest BCUT2D eigenvalue weighted by molar-refractivity contribution is -0.124. The molecule has 136 valence electrons. The molecular weight excluding hydrogens is 316 g/mol. The third kappa shape index (κ3) is 4.33. The Balaban J connectivity index is 1.57. The highest BCUT2D eigenvalue weighted by atomic mass is 16.6. The molecule has 0 bridgehead atoms. The number of aryl methyl sites for hydroxylation is 1. The Labute approximate surface area is 149 Å². The number of nitrogens with one attached hydrogen (secondary N) is 2. The summed E-state index contributed by atoms with van der Waals surface area (Å²) >= 11 is 0. The van der Waals surface area contributed by atoms with Gasteiger partial charge in [-0.1, -0.05) is 24.3 Å². The van der Waals surface area contributed by atoms with Crippen molar-refractivity contribution in [3.8, 4) is 0 Å². The fourth-order valence-corrected chi connectivity index (χ4v) is 3.73. The lowest BCUT2D eigenvalue weighted by Gasteiger charge is -2.42. The molecule has 1 aromatic carbocycles. The first kappa shape index (κ1) is 17.8. The van der Waals surface area contributed by atoms with Crippen LogP contribution in [0.5, 0.6) is 0 Å². The van der Waals surface area contributed by atoms with E-state index in [4.69, 9.17) is 4.74 Å². The minimum atomic E-state index is -0.537. The Hall–Kier alpha value is -2.04. The standard InChI is InChI=1S/C20H28N2O3/c1-19(2,3)25-18(24)22-20(11-6-12-20)13-17(23)21-16-10-9-14-7-4-5-8-15(14)16/h4-5,7-8,16H,6,9-13H2,1-3H3,(H,21,23)(H,22,24)/t16-/m1/s1. The second kappa shape index (κ2) is 6.70. The number of fused-ring (bicyclic) bond motifs is 1.